The second-order valence-corrected chi connectivity index (χ2v) is 3.31. The van der Waals surface area contributed by atoms with Crippen molar-refractivity contribution in [2.24, 2.45) is 10.7 Å². The molecule has 1 unspecified atom stereocenters. The number of nitrogens with zero attached hydrogens (tertiary/aromatic N) is 1. The van der Waals surface area contributed by atoms with Crippen molar-refractivity contribution >= 4 is 12.3 Å². The minimum atomic E-state index is -0.338. The molecule has 1 aliphatic rings. The molecule has 0 saturated heterocycles. The molecule has 1 heterocycles. The van der Waals surface area contributed by atoms with E-state index >= 15 is 0 Å². The van der Waals surface area contributed by atoms with Crippen LogP contribution in [0.1, 0.15) is 5.56 Å². The van der Waals surface area contributed by atoms with Gasteiger partial charge in [0.05, 0.1) is 0 Å². The molecule has 3 N–H and O–H groups in total. The van der Waals surface area contributed by atoms with Gasteiger partial charge in [0.15, 0.2) is 0 Å². The Labute approximate surface area is 88.3 Å². The highest BCUT2D eigenvalue weighted by Gasteiger charge is 2.07. The molecule has 1 aliphatic heterocycles. The number of rotatable bonds is 1. The number of hydrogen-bond acceptors (Lipinski definition) is 3. The predicted molar refractivity (Wildman–Crippen MR) is 61.7 cm³/mol. The minimum absolute atomic E-state index is 0.250. The van der Waals surface area contributed by atoms with Gasteiger partial charge in [0.2, 0.25) is 0 Å². The van der Waals surface area contributed by atoms with Gasteiger partial charge in [-0.15, -0.1) is 0 Å². The molecule has 0 radical (unpaired) electrons. The summed E-state index contributed by atoms with van der Waals surface area (Å²) in [5, 5.41) is 9.58. The number of aliphatic imine (C=N–C) groups is 1. The summed E-state index contributed by atoms with van der Waals surface area (Å²) in [6, 6.07) is 7.13. The molecule has 76 valence electrons. The second kappa shape index (κ2) is 4.11. The average molecular weight is 200 g/mol. The van der Waals surface area contributed by atoms with Crippen molar-refractivity contribution in [3.05, 3.63) is 47.6 Å². The van der Waals surface area contributed by atoms with Gasteiger partial charge < -0.3 is 10.8 Å². The van der Waals surface area contributed by atoms with E-state index in [1.165, 1.54) is 0 Å². The summed E-state index contributed by atoms with van der Waals surface area (Å²) < 4.78 is 0. The Balaban J connectivity index is 2.34. The van der Waals surface area contributed by atoms with Crippen molar-refractivity contribution in [1.82, 2.24) is 0 Å². The molecule has 0 saturated carbocycles. The van der Waals surface area contributed by atoms with E-state index in [0.29, 0.717) is 0 Å². The Hall–Kier alpha value is -1.87. The standard InChI is InChI=1S/C12H12N2O/c13-12-10(5-3-7-14-12)8-9-4-1-2-6-11(9)15/h1-8,12,15H,13H2/b10-8-. The van der Waals surface area contributed by atoms with Crippen molar-refractivity contribution in [3.8, 4) is 5.75 Å². The number of allylic oxidation sites excluding steroid dienone is 1. The molecular formula is C12H12N2O. The van der Waals surface area contributed by atoms with Crippen LogP contribution in [0.4, 0.5) is 0 Å². The molecule has 1 aromatic rings. The fraction of sp³-hybridized carbons (Fsp3) is 0.0833. The maximum absolute atomic E-state index is 9.58. The summed E-state index contributed by atoms with van der Waals surface area (Å²) in [5.41, 5.74) is 7.42. The molecule has 0 aliphatic carbocycles. The number of para-hydroxylation sites is 1. The van der Waals surface area contributed by atoms with Gasteiger partial charge in [-0.3, -0.25) is 4.99 Å². The van der Waals surface area contributed by atoms with Crippen molar-refractivity contribution in [2.75, 3.05) is 0 Å². The minimum Gasteiger partial charge on any atom is -0.507 e. The number of dihydropyridines is 1. The smallest absolute Gasteiger partial charge is 0.123 e. The van der Waals surface area contributed by atoms with Crippen molar-refractivity contribution in [1.29, 1.82) is 0 Å². The summed E-state index contributed by atoms with van der Waals surface area (Å²) in [7, 11) is 0. The highest BCUT2D eigenvalue weighted by Crippen LogP contribution is 2.21. The average Bonchev–Trinajstić information content (AvgIpc) is 2.24. The lowest BCUT2D eigenvalue weighted by Gasteiger charge is -2.11. The largest absolute Gasteiger partial charge is 0.507 e. The van der Waals surface area contributed by atoms with Crippen LogP contribution in [0.2, 0.25) is 0 Å². The molecule has 3 nitrogen and oxygen atoms in total. The zero-order valence-corrected chi connectivity index (χ0v) is 8.17. The summed E-state index contributed by atoms with van der Waals surface area (Å²) in [4.78, 5) is 4.05. The molecule has 2 rings (SSSR count). The van der Waals surface area contributed by atoms with Crippen LogP contribution in [0.15, 0.2) is 47.0 Å². The molecule has 0 fully saturated rings. The number of aromatic hydroxyl groups is 1. The van der Waals surface area contributed by atoms with Gasteiger partial charge in [0.1, 0.15) is 11.9 Å². The third-order valence-electron chi connectivity index (χ3n) is 2.22. The van der Waals surface area contributed by atoms with Gasteiger partial charge in [-0.2, -0.15) is 0 Å². The Morgan fingerprint density at radius 1 is 1.33 bits per heavy atom. The summed E-state index contributed by atoms with van der Waals surface area (Å²) in [5.74, 6) is 0.250. The topological polar surface area (TPSA) is 58.6 Å². The van der Waals surface area contributed by atoms with Gasteiger partial charge in [-0.25, -0.2) is 0 Å². The summed E-state index contributed by atoms with van der Waals surface area (Å²) >= 11 is 0. The fourth-order valence-corrected chi connectivity index (χ4v) is 1.40. The number of hydrogen-bond donors (Lipinski definition) is 2. The molecular weight excluding hydrogens is 188 g/mol. The van der Waals surface area contributed by atoms with Crippen molar-refractivity contribution in [3.63, 3.8) is 0 Å². The van der Waals surface area contributed by atoms with Crippen LogP contribution in [0.25, 0.3) is 6.08 Å². The zero-order chi connectivity index (χ0) is 10.7. The van der Waals surface area contributed by atoms with Crippen molar-refractivity contribution < 1.29 is 5.11 Å². The molecule has 0 spiro atoms. The van der Waals surface area contributed by atoms with E-state index in [2.05, 4.69) is 4.99 Å². The SMILES string of the molecule is NC1N=CC=C/C1=C/c1ccccc1O. The number of benzene rings is 1. The van der Waals surface area contributed by atoms with Crippen LogP contribution >= 0.6 is 0 Å². The first-order chi connectivity index (χ1) is 7.27. The van der Waals surface area contributed by atoms with E-state index < -0.39 is 0 Å². The van der Waals surface area contributed by atoms with Gasteiger partial charge in [0, 0.05) is 11.8 Å². The van der Waals surface area contributed by atoms with Crippen LogP contribution in [0.3, 0.4) is 0 Å². The van der Waals surface area contributed by atoms with Gasteiger partial charge >= 0.3 is 0 Å². The van der Waals surface area contributed by atoms with Gasteiger partial charge in [-0.1, -0.05) is 24.3 Å². The molecule has 0 bridgehead atoms. The third-order valence-corrected chi connectivity index (χ3v) is 2.22. The molecule has 0 amide bonds. The lowest BCUT2D eigenvalue weighted by Crippen LogP contribution is -2.20. The maximum atomic E-state index is 9.58. The molecule has 0 aromatic heterocycles. The van der Waals surface area contributed by atoms with Crippen LogP contribution in [0.5, 0.6) is 5.75 Å². The quantitative estimate of drug-likeness (QED) is 0.724. The Morgan fingerprint density at radius 2 is 2.13 bits per heavy atom. The second-order valence-electron chi connectivity index (χ2n) is 3.31. The number of nitrogens with two attached hydrogens (primary N) is 1. The van der Waals surface area contributed by atoms with Crippen LogP contribution in [-0.4, -0.2) is 17.5 Å². The first kappa shape index (κ1) is 9.68. The van der Waals surface area contributed by atoms with E-state index in [-0.39, 0.29) is 11.9 Å². The Morgan fingerprint density at radius 3 is 2.87 bits per heavy atom. The molecule has 15 heavy (non-hydrogen) atoms. The van der Waals surface area contributed by atoms with Crippen LogP contribution < -0.4 is 5.73 Å². The first-order valence-electron chi connectivity index (χ1n) is 4.72. The molecule has 3 heteroatoms. The van der Waals surface area contributed by atoms with Crippen molar-refractivity contribution in [2.45, 2.75) is 6.17 Å². The maximum Gasteiger partial charge on any atom is 0.123 e. The fourth-order valence-electron chi connectivity index (χ4n) is 1.40. The normalized spacial score (nSPS) is 22.2. The van der Waals surface area contributed by atoms with Gasteiger partial charge in [-0.05, 0) is 23.8 Å². The Bertz CT molecular complexity index is 447. The van der Waals surface area contributed by atoms with Gasteiger partial charge in [0.25, 0.3) is 0 Å². The highest BCUT2D eigenvalue weighted by atomic mass is 16.3. The summed E-state index contributed by atoms with van der Waals surface area (Å²) in [6.07, 6.45) is 6.90. The molecule has 1 aromatic carbocycles. The van der Waals surface area contributed by atoms with E-state index in [4.69, 9.17) is 5.73 Å². The van der Waals surface area contributed by atoms with E-state index in [9.17, 15) is 5.11 Å². The zero-order valence-electron chi connectivity index (χ0n) is 8.17. The summed E-state index contributed by atoms with van der Waals surface area (Å²) in [6.45, 7) is 0. The third kappa shape index (κ3) is 2.14. The van der Waals surface area contributed by atoms with Crippen LogP contribution in [0, 0.1) is 0 Å². The lowest BCUT2D eigenvalue weighted by molar-refractivity contribution is 0.474. The first-order valence-corrected chi connectivity index (χ1v) is 4.72. The number of phenols is 1. The van der Waals surface area contributed by atoms with E-state index in [1.54, 1.807) is 18.3 Å². The number of phenolic OH excluding ortho intramolecular Hbond substituents is 1. The van der Waals surface area contributed by atoms with Crippen LogP contribution in [-0.2, 0) is 0 Å². The Kier molecular flexibility index (Phi) is 2.65. The predicted octanol–water partition coefficient (Wildman–Crippen LogP) is 1.70. The van der Waals surface area contributed by atoms with E-state index in [1.807, 2.05) is 30.4 Å². The molecule has 1 atom stereocenters. The monoisotopic (exact) mass is 200 g/mol. The lowest BCUT2D eigenvalue weighted by atomic mass is 10.1. The highest BCUT2D eigenvalue weighted by molar-refractivity contribution is 5.76. The van der Waals surface area contributed by atoms with E-state index in [0.717, 1.165) is 11.1 Å².